The number of ether oxygens (including phenoxy) is 1. The molecule has 0 spiro atoms. The zero-order valence-electron chi connectivity index (χ0n) is 23.2. The van der Waals surface area contributed by atoms with Crippen LogP contribution in [0, 0.1) is 0 Å². The van der Waals surface area contributed by atoms with Crippen LogP contribution in [0.5, 0.6) is 5.75 Å². The van der Waals surface area contributed by atoms with E-state index in [9.17, 15) is 4.79 Å². The largest absolute Gasteiger partial charge is 0.543 e. The van der Waals surface area contributed by atoms with Gasteiger partial charge in [0.05, 0.1) is 11.1 Å². The minimum atomic E-state index is -2.04. The number of hydrogen-bond donors (Lipinski definition) is 0. The molecule has 3 rings (SSSR count). The minimum Gasteiger partial charge on any atom is -0.543 e. The van der Waals surface area contributed by atoms with Gasteiger partial charge in [-0.15, -0.1) is 0 Å². The molecule has 1 amide bonds. The molecule has 1 saturated heterocycles. The van der Waals surface area contributed by atoms with E-state index in [1.54, 1.807) is 0 Å². The predicted octanol–water partition coefficient (Wildman–Crippen LogP) is 7.39. The Kier molecular flexibility index (Phi) is 8.85. The van der Waals surface area contributed by atoms with Crippen LogP contribution in [0.25, 0.3) is 0 Å². The number of rotatable bonds is 6. The number of carbonyl (C=O) groups excluding carboxylic acids is 1. The molecule has 1 aliphatic heterocycles. The van der Waals surface area contributed by atoms with Crippen molar-refractivity contribution in [3.8, 4) is 5.75 Å². The highest BCUT2D eigenvalue weighted by atomic mass is 35.5. The zero-order valence-corrected chi connectivity index (χ0v) is 25.0. The molecule has 198 valence electrons. The smallest absolute Gasteiger partial charge is 0.410 e. The number of amides is 1. The van der Waals surface area contributed by atoms with E-state index in [1.807, 2.05) is 43.9 Å². The molecule has 1 atom stereocenters. The van der Waals surface area contributed by atoms with E-state index >= 15 is 0 Å². The van der Waals surface area contributed by atoms with Crippen LogP contribution in [0.1, 0.15) is 52.7 Å². The number of halogens is 1. The predicted molar refractivity (Wildman–Crippen MR) is 151 cm³/mol. The topological polar surface area (TPSA) is 42.0 Å². The highest BCUT2D eigenvalue weighted by Crippen LogP contribution is 2.39. The lowest BCUT2D eigenvalue weighted by Gasteiger charge is -2.42. The molecule has 0 unspecified atom stereocenters. The molecule has 0 radical (unpaired) electrons. The first-order valence-electron chi connectivity index (χ1n) is 12.9. The average Bonchev–Trinajstić information content (AvgIpc) is 2.75. The molecule has 0 N–H and O–H groups in total. The first kappa shape index (κ1) is 28.5. The van der Waals surface area contributed by atoms with Crippen LogP contribution in [-0.4, -0.2) is 55.5 Å². The van der Waals surface area contributed by atoms with Crippen LogP contribution in [0.4, 0.5) is 4.79 Å². The van der Waals surface area contributed by atoms with Gasteiger partial charge in [-0.3, -0.25) is 4.90 Å². The van der Waals surface area contributed by atoms with Crippen molar-refractivity contribution in [3.05, 3.63) is 64.7 Å². The number of nitrogens with zero attached hydrogens (tertiary/aromatic N) is 2. The molecule has 0 saturated carbocycles. The molecule has 0 aliphatic carbocycles. The fourth-order valence-corrected chi connectivity index (χ4v) is 5.34. The summed E-state index contributed by atoms with van der Waals surface area (Å²) in [6.07, 6.45) is 0.453. The number of benzene rings is 2. The number of piperazine rings is 1. The molecule has 5 nitrogen and oxygen atoms in total. The highest BCUT2D eigenvalue weighted by molar-refractivity contribution is 6.74. The lowest BCUT2D eigenvalue weighted by atomic mass is 10.0. The Bertz CT molecular complexity index is 1030. The summed E-state index contributed by atoms with van der Waals surface area (Å²) in [5, 5.41) is 0.697. The van der Waals surface area contributed by atoms with E-state index in [-0.39, 0.29) is 17.2 Å². The van der Waals surface area contributed by atoms with Crippen molar-refractivity contribution in [2.75, 3.05) is 19.6 Å². The first-order chi connectivity index (χ1) is 16.6. The molecule has 1 heterocycles. The second-order valence-corrected chi connectivity index (χ2v) is 17.5. The van der Waals surface area contributed by atoms with Crippen LogP contribution in [0.15, 0.2) is 48.5 Å². The van der Waals surface area contributed by atoms with E-state index in [2.05, 4.69) is 69.1 Å². The maximum atomic E-state index is 13.1. The van der Waals surface area contributed by atoms with Gasteiger partial charge in [-0.05, 0) is 68.6 Å². The monoisotopic (exact) mass is 530 g/mol. The Morgan fingerprint density at radius 1 is 1.00 bits per heavy atom. The Hall–Kier alpha value is -2.02. The van der Waals surface area contributed by atoms with Gasteiger partial charge < -0.3 is 14.1 Å². The quantitative estimate of drug-likeness (QED) is 0.365. The first-order valence-corrected chi connectivity index (χ1v) is 16.2. The van der Waals surface area contributed by atoms with Crippen LogP contribution in [0.3, 0.4) is 0 Å². The van der Waals surface area contributed by atoms with Crippen molar-refractivity contribution in [2.45, 2.75) is 84.3 Å². The van der Waals surface area contributed by atoms with E-state index < -0.39 is 13.9 Å². The summed E-state index contributed by atoms with van der Waals surface area (Å²) in [6.45, 7) is 19.9. The van der Waals surface area contributed by atoms with Crippen LogP contribution in [-0.2, 0) is 17.7 Å². The third-order valence-electron chi connectivity index (χ3n) is 7.08. The standard InChI is InChI=1S/C29H43ClN2O3Si/c1-28(2,3)34-27(33)32-17-16-31(20-22-12-10-9-11-13-22)21-24(32)18-23-14-15-25(30)26(19-23)35-36(7,8)29(4,5)6/h9-15,19,24H,16-18,20-21H2,1-8H3/t24-/m1/s1. The second kappa shape index (κ2) is 11.2. The molecule has 2 aromatic carbocycles. The van der Waals surface area contributed by atoms with Crippen LogP contribution in [0.2, 0.25) is 23.2 Å². The van der Waals surface area contributed by atoms with Crippen LogP contribution >= 0.6 is 11.6 Å². The summed E-state index contributed by atoms with van der Waals surface area (Å²) < 4.78 is 12.3. The number of carbonyl (C=O) groups is 1. The summed E-state index contributed by atoms with van der Waals surface area (Å²) in [6, 6.07) is 16.5. The Morgan fingerprint density at radius 3 is 2.28 bits per heavy atom. The van der Waals surface area contributed by atoms with Crippen molar-refractivity contribution < 1.29 is 14.0 Å². The van der Waals surface area contributed by atoms with Gasteiger partial charge in [0, 0.05) is 26.2 Å². The van der Waals surface area contributed by atoms with Gasteiger partial charge in [-0.2, -0.15) is 0 Å². The van der Waals surface area contributed by atoms with Gasteiger partial charge in [0.25, 0.3) is 8.32 Å². The van der Waals surface area contributed by atoms with Crippen molar-refractivity contribution in [1.29, 1.82) is 0 Å². The van der Waals surface area contributed by atoms with Crippen molar-refractivity contribution >= 4 is 26.0 Å². The van der Waals surface area contributed by atoms with Gasteiger partial charge >= 0.3 is 6.09 Å². The fraction of sp³-hybridized carbons (Fsp3) is 0.552. The Morgan fingerprint density at radius 2 is 1.67 bits per heavy atom. The Balaban J connectivity index is 1.83. The van der Waals surface area contributed by atoms with Gasteiger partial charge in [-0.25, -0.2) is 4.79 Å². The molecule has 36 heavy (non-hydrogen) atoms. The second-order valence-electron chi connectivity index (χ2n) is 12.4. The normalized spacial score (nSPS) is 17.7. The van der Waals surface area contributed by atoms with E-state index in [0.29, 0.717) is 18.0 Å². The molecule has 1 aliphatic rings. The summed E-state index contributed by atoms with van der Waals surface area (Å²) >= 11 is 6.56. The van der Waals surface area contributed by atoms with Gasteiger partial charge in [-0.1, -0.05) is 68.8 Å². The Labute approximate surface area is 223 Å². The van der Waals surface area contributed by atoms with Crippen LogP contribution < -0.4 is 4.43 Å². The maximum absolute atomic E-state index is 13.1. The van der Waals surface area contributed by atoms with E-state index in [4.69, 9.17) is 20.8 Å². The third-order valence-corrected chi connectivity index (χ3v) is 11.7. The van der Waals surface area contributed by atoms with Gasteiger partial charge in [0.1, 0.15) is 11.4 Å². The van der Waals surface area contributed by atoms with Gasteiger partial charge in [0.2, 0.25) is 0 Å². The molecular weight excluding hydrogens is 488 g/mol. The zero-order chi connectivity index (χ0) is 26.7. The summed E-state index contributed by atoms with van der Waals surface area (Å²) in [4.78, 5) is 17.5. The summed E-state index contributed by atoms with van der Waals surface area (Å²) in [5.41, 5.74) is 1.85. The lowest BCUT2D eigenvalue weighted by molar-refractivity contribution is -0.00232. The maximum Gasteiger partial charge on any atom is 0.410 e. The molecular formula is C29H43ClN2O3Si. The number of hydrogen-bond acceptors (Lipinski definition) is 4. The molecule has 7 heteroatoms. The highest BCUT2D eigenvalue weighted by Gasteiger charge is 2.39. The minimum absolute atomic E-state index is 0.0146. The van der Waals surface area contributed by atoms with E-state index in [0.717, 1.165) is 30.9 Å². The third kappa shape index (κ3) is 7.74. The van der Waals surface area contributed by atoms with Crippen molar-refractivity contribution in [3.63, 3.8) is 0 Å². The molecule has 2 aromatic rings. The summed E-state index contributed by atoms with van der Waals surface area (Å²) in [5.74, 6) is 0.738. The van der Waals surface area contributed by atoms with Crippen molar-refractivity contribution in [1.82, 2.24) is 9.80 Å². The molecule has 0 bridgehead atoms. The lowest BCUT2D eigenvalue weighted by Crippen LogP contribution is -2.56. The molecule has 0 aromatic heterocycles. The fourth-order valence-electron chi connectivity index (χ4n) is 4.09. The van der Waals surface area contributed by atoms with E-state index in [1.165, 1.54) is 5.56 Å². The van der Waals surface area contributed by atoms with Gasteiger partial charge in [0.15, 0.2) is 0 Å². The van der Waals surface area contributed by atoms with Crippen molar-refractivity contribution in [2.24, 2.45) is 0 Å². The SMILES string of the molecule is CC(C)(C)OC(=O)N1CCN(Cc2ccccc2)C[C@H]1Cc1ccc(Cl)c(O[Si](C)(C)C(C)(C)C)c1. The average molecular weight is 531 g/mol. The summed E-state index contributed by atoms with van der Waals surface area (Å²) in [7, 11) is -2.04. The molecule has 1 fully saturated rings.